The Labute approximate surface area is 175 Å². The molecule has 1 aliphatic rings. The zero-order valence-corrected chi connectivity index (χ0v) is 18.3. The smallest absolute Gasteiger partial charge is 0.242 e. The fourth-order valence-corrected chi connectivity index (χ4v) is 4.15. The standard InChI is InChI=1S/C21H29N3O4S/c1-14(2)8-23-9-18(27-12-19-15(3)22-28-16(19)4)10-24(11-21(23)26)20(25)7-17-5-6-29-13-17/h5-6,13-14,18H,7-12H2,1-4H3. The summed E-state index contributed by atoms with van der Waals surface area (Å²) in [4.78, 5) is 29.1. The Hall–Kier alpha value is -2.19. The average molecular weight is 420 g/mol. The van der Waals surface area contributed by atoms with Crippen LogP contribution in [0, 0.1) is 19.8 Å². The first kappa shape index (κ1) is 21.5. The van der Waals surface area contributed by atoms with Gasteiger partial charge >= 0.3 is 0 Å². The lowest BCUT2D eigenvalue weighted by Crippen LogP contribution is -2.41. The van der Waals surface area contributed by atoms with E-state index in [0.717, 1.165) is 22.6 Å². The van der Waals surface area contributed by atoms with E-state index >= 15 is 0 Å². The van der Waals surface area contributed by atoms with Crippen LogP contribution in [0.2, 0.25) is 0 Å². The number of amides is 2. The van der Waals surface area contributed by atoms with Gasteiger partial charge in [-0.2, -0.15) is 11.3 Å². The molecule has 29 heavy (non-hydrogen) atoms. The van der Waals surface area contributed by atoms with E-state index in [1.54, 1.807) is 16.2 Å². The van der Waals surface area contributed by atoms with Crippen LogP contribution >= 0.6 is 11.3 Å². The van der Waals surface area contributed by atoms with Gasteiger partial charge in [-0.05, 0) is 42.2 Å². The number of aryl methyl sites for hydroxylation is 2. The van der Waals surface area contributed by atoms with E-state index < -0.39 is 0 Å². The van der Waals surface area contributed by atoms with E-state index in [-0.39, 0.29) is 24.5 Å². The van der Waals surface area contributed by atoms with Crippen LogP contribution in [0.15, 0.2) is 21.3 Å². The van der Waals surface area contributed by atoms with Gasteiger partial charge in [0.05, 0.1) is 31.4 Å². The largest absolute Gasteiger partial charge is 0.370 e. The molecular formula is C21H29N3O4S. The number of aromatic nitrogens is 1. The van der Waals surface area contributed by atoms with E-state index in [2.05, 4.69) is 19.0 Å². The number of nitrogens with zero attached hydrogens (tertiary/aromatic N) is 3. The molecular weight excluding hydrogens is 390 g/mol. The predicted octanol–water partition coefficient (Wildman–Crippen LogP) is 2.81. The summed E-state index contributed by atoms with van der Waals surface area (Å²) in [5.41, 5.74) is 2.70. The Morgan fingerprint density at radius 2 is 2.17 bits per heavy atom. The summed E-state index contributed by atoms with van der Waals surface area (Å²) >= 11 is 1.56. The molecule has 3 rings (SSSR count). The van der Waals surface area contributed by atoms with Crippen molar-refractivity contribution < 1.29 is 18.8 Å². The third-order valence-corrected chi connectivity index (χ3v) is 5.78. The van der Waals surface area contributed by atoms with Crippen LogP contribution in [0.1, 0.15) is 36.4 Å². The highest BCUT2D eigenvalue weighted by Gasteiger charge is 2.31. The number of hydrogen-bond acceptors (Lipinski definition) is 6. The first-order valence-corrected chi connectivity index (χ1v) is 10.9. The van der Waals surface area contributed by atoms with Crippen molar-refractivity contribution in [3.05, 3.63) is 39.4 Å². The summed E-state index contributed by atoms with van der Waals surface area (Å²) in [5, 5.41) is 7.89. The molecule has 0 radical (unpaired) electrons. The monoisotopic (exact) mass is 419 g/mol. The molecule has 0 aromatic carbocycles. The highest BCUT2D eigenvalue weighted by molar-refractivity contribution is 7.08. The summed E-state index contributed by atoms with van der Waals surface area (Å²) in [5.74, 6) is 1.00. The van der Waals surface area contributed by atoms with Crippen LogP contribution in [0.25, 0.3) is 0 Å². The Kier molecular flexibility index (Phi) is 7.08. The zero-order chi connectivity index (χ0) is 21.0. The Morgan fingerprint density at radius 3 is 2.79 bits per heavy atom. The van der Waals surface area contributed by atoms with Gasteiger partial charge in [0.2, 0.25) is 11.8 Å². The average Bonchev–Trinajstić information content (AvgIpc) is 3.24. The van der Waals surface area contributed by atoms with Crippen molar-refractivity contribution in [3.63, 3.8) is 0 Å². The summed E-state index contributed by atoms with van der Waals surface area (Å²) < 4.78 is 11.4. The van der Waals surface area contributed by atoms with Crippen LogP contribution in [-0.4, -0.2) is 59.1 Å². The van der Waals surface area contributed by atoms with Crippen molar-refractivity contribution in [1.82, 2.24) is 15.0 Å². The Balaban J connectivity index is 1.72. The maximum absolute atomic E-state index is 12.9. The molecule has 158 valence electrons. The normalized spacial score (nSPS) is 17.8. The van der Waals surface area contributed by atoms with Crippen LogP contribution in [-0.2, 0) is 27.4 Å². The molecule has 7 nitrogen and oxygen atoms in total. The highest BCUT2D eigenvalue weighted by Crippen LogP contribution is 2.18. The van der Waals surface area contributed by atoms with Crippen molar-refractivity contribution >= 4 is 23.2 Å². The number of carbonyl (C=O) groups is 2. The topological polar surface area (TPSA) is 75.9 Å². The van der Waals surface area contributed by atoms with Crippen molar-refractivity contribution in [1.29, 1.82) is 0 Å². The minimum atomic E-state index is -0.264. The lowest BCUT2D eigenvalue weighted by atomic mass is 10.2. The van der Waals surface area contributed by atoms with Crippen LogP contribution in [0.3, 0.4) is 0 Å². The Bertz CT molecular complexity index is 812. The Morgan fingerprint density at radius 1 is 1.38 bits per heavy atom. The molecule has 2 aromatic rings. The number of hydrogen-bond donors (Lipinski definition) is 0. The fraction of sp³-hybridized carbons (Fsp3) is 0.571. The van der Waals surface area contributed by atoms with E-state index in [1.807, 2.05) is 35.6 Å². The third-order valence-electron chi connectivity index (χ3n) is 5.05. The zero-order valence-electron chi connectivity index (χ0n) is 17.5. The molecule has 2 amide bonds. The van der Waals surface area contributed by atoms with Gasteiger partial charge in [-0.25, -0.2) is 0 Å². The van der Waals surface area contributed by atoms with Crippen molar-refractivity contribution in [2.45, 2.75) is 46.8 Å². The van der Waals surface area contributed by atoms with Gasteiger partial charge in [0.1, 0.15) is 5.76 Å². The first-order chi connectivity index (χ1) is 13.8. The van der Waals surface area contributed by atoms with Gasteiger partial charge in [-0.1, -0.05) is 19.0 Å². The lowest BCUT2D eigenvalue weighted by Gasteiger charge is -2.26. The van der Waals surface area contributed by atoms with Gasteiger partial charge in [0, 0.05) is 25.2 Å². The molecule has 2 aromatic heterocycles. The summed E-state index contributed by atoms with van der Waals surface area (Å²) in [6.45, 7) is 9.87. The molecule has 1 atom stereocenters. The summed E-state index contributed by atoms with van der Waals surface area (Å²) in [6, 6.07) is 1.94. The van der Waals surface area contributed by atoms with Crippen LogP contribution in [0.4, 0.5) is 0 Å². The van der Waals surface area contributed by atoms with Crippen molar-refractivity contribution in [3.8, 4) is 0 Å². The number of rotatable bonds is 7. The maximum Gasteiger partial charge on any atom is 0.242 e. The van der Waals surface area contributed by atoms with E-state index in [9.17, 15) is 9.59 Å². The molecule has 0 bridgehead atoms. The quantitative estimate of drug-likeness (QED) is 0.690. The second-order valence-corrected chi connectivity index (χ2v) is 8.79. The molecule has 8 heteroatoms. The predicted molar refractivity (Wildman–Crippen MR) is 111 cm³/mol. The molecule has 3 heterocycles. The minimum Gasteiger partial charge on any atom is -0.370 e. The molecule has 0 spiro atoms. The SMILES string of the molecule is Cc1noc(C)c1COC1CN(C(=O)Cc2ccsc2)CC(=O)N(CC(C)C)C1. The van der Waals surface area contributed by atoms with E-state index in [1.165, 1.54) is 0 Å². The van der Waals surface area contributed by atoms with E-state index in [0.29, 0.717) is 38.6 Å². The number of thiophene rings is 1. The summed E-state index contributed by atoms with van der Waals surface area (Å²) in [7, 11) is 0. The molecule has 1 aliphatic heterocycles. The second-order valence-electron chi connectivity index (χ2n) is 8.01. The molecule has 0 N–H and O–H groups in total. The van der Waals surface area contributed by atoms with Gasteiger partial charge in [0.15, 0.2) is 0 Å². The maximum atomic E-state index is 12.9. The molecule has 0 saturated carbocycles. The number of carbonyl (C=O) groups excluding carboxylic acids is 2. The number of ether oxygens (including phenoxy) is 1. The first-order valence-electron chi connectivity index (χ1n) is 9.93. The van der Waals surface area contributed by atoms with Gasteiger partial charge < -0.3 is 19.1 Å². The molecule has 1 saturated heterocycles. The van der Waals surface area contributed by atoms with Crippen LogP contribution in [0.5, 0.6) is 0 Å². The second kappa shape index (κ2) is 9.54. The molecule has 1 fully saturated rings. The summed E-state index contributed by atoms with van der Waals surface area (Å²) in [6.07, 6.45) is 0.0395. The fourth-order valence-electron chi connectivity index (χ4n) is 3.48. The van der Waals surface area contributed by atoms with Gasteiger partial charge in [0.25, 0.3) is 0 Å². The van der Waals surface area contributed by atoms with Gasteiger partial charge in [-0.15, -0.1) is 0 Å². The van der Waals surface area contributed by atoms with Gasteiger partial charge in [-0.3, -0.25) is 9.59 Å². The van der Waals surface area contributed by atoms with Crippen LogP contribution < -0.4 is 0 Å². The minimum absolute atomic E-state index is 0.0270. The highest BCUT2D eigenvalue weighted by atomic mass is 32.1. The van der Waals surface area contributed by atoms with Crippen molar-refractivity contribution in [2.75, 3.05) is 26.2 Å². The third kappa shape index (κ3) is 5.67. The molecule has 0 aliphatic carbocycles. The van der Waals surface area contributed by atoms with Crippen molar-refractivity contribution in [2.24, 2.45) is 5.92 Å². The lowest BCUT2D eigenvalue weighted by molar-refractivity contribution is -0.138. The molecule has 1 unspecified atom stereocenters. The van der Waals surface area contributed by atoms with E-state index in [4.69, 9.17) is 9.26 Å².